The van der Waals surface area contributed by atoms with Crippen LogP contribution in [0.5, 0.6) is 0 Å². The predicted octanol–water partition coefficient (Wildman–Crippen LogP) is 5.61. The Morgan fingerprint density at radius 2 is 1.72 bits per heavy atom. The molecular weight excluding hydrogens is 563 g/mol. The van der Waals surface area contributed by atoms with Gasteiger partial charge in [-0.3, -0.25) is 10.9 Å². The molecule has 43 heavy (non-hydrogen) atoms. The SMILES string of the molecule is C=C/C(=C\C(=C\NN)C(C)c1ccc(S(=O)(=O)N(C)C)cc1)N(N)/C=C(\C)[C@@H](C)CCCCN(C)Cc1ccccc1F. The Bertz CT molecular complexity index is 1390. The summed E-state index contributed by atoms with van der Waals surface area (Å²) < 4.78 is 40.0. The number of unbranched alkanes of at least 4 members (excludes halogenated alkanes) is 1. The summed E-state index contributed by atoms with van der Waals surface area (Å²) in [6, 6.07) is 13.7. The molecule has 0 radical (unpaired) electrons. The molecule has 236 valence electrons. The zero-order valence-electron chi connectivity index (χ0n) is 26.4. The summed E-state index contributed by atoms with van der Waals surface area (Å²) in [5.74, 6) is 12.2. The van der Waals surface area contributed by atoms with Gasteiger partial charge in [-0.05, 0) is 80.8 Å². The van der Waals surface area contributed by atoms with Crippen LogP contribution >= 0.6 is 0 Å². The van der Waals surface area contributed by atoms with Gasteiger partial charge in [-0.2, -0.15) is 0 Å². The van der Waals surface area contributed by atoms with Crippen molar-refractivity contribution in [3.8, 4) is 0 Å². The highest BCUT2D eigenvalue weighted by Crippen LogP contribution is 2.28. The van der Waals surface area contributed by atoms with Crippen molar-refractivity contribution in [1.29, 1.82) is 0 Å². The molecule has 0 aliphatic carbocycles. The maximum absolute atomic E-state index is 13.9. The van der Waals surface area contributed by atoms with Crippen molar-refractivity contribution in [2.45, 2.75) is 57.4 Å². The fourth-order valence-electron chi connectivity index (χ4n) is 4.61. The number of halogens is 1. The lowest BCUT2D eigenvalue weighted by atomic mass is 9.92. The molecule has 0 aromatic heterocycles. The van der Waals surface area contributed by atoms with E-state index in [2.05, 4.69) is 30.8 Å². The highest BCUT2D eigenvalue weighted by Gasteiger charge is 2.18. The van der Waals surface area contributed by atoms with Gasteiger partial charge in [-0.15, -0.1) is 0 Å². The Morgan fingerprint density at radius 3 is 2.30 bits per heavy atom. The lowest BCUT2D eigenvalue weighted by Gasteiger charge is -2.22. The summed E-state index contributed by atoms with van der Waals surface area (Å²) in [6.45, 7) is 11.7. The standard InChI is InChI=1S/C33H49FN6O2S/c1-8-31(21-30(22-37-35)27(4)28-16-18-32(19-17-28)43(41,42)38(5)6)40(36)23-26(3)25(2)13-11-12-20-39(7)24-29-14-9-10-15-33(29)34/h8-10,14-19,21-23,25,27,37H,1,11-13,20,24,35-36H2,2-7H3/b26-23+,30-22-,31-21+/t25-,27?/m0/s1. The van der Waals surface area contributed by atoms with E-state index in [1.54, 1.807) is 47.6 Å². The normalized spacial score (nSPS) is 14.6. The van der Waals surface area contributed by atoms with Crippen LogP contribution in [0.25, 0.3) is 0 Å². The van der Waals surface area contributed by atoms with E-state index in [1.807, 2.05) is 38.4 Å². The summed E-state index contributed by atoms with van der Waals surface area (Å²) in [4.78, 5) is 2.38. The summed E-state index contributed by atoms with van der Waals surface area (Å²) in [7, 11) is 1.52. The minimum Gasteiger partial charge on any atom is -0.331 e. The fourth-order valence-corrected chi connectivity index (χ4v) is 5.51. The number of nitrogens with zero attached hydrogens (tertiary/aromatic N) is 3. The van der Waals surface area contributed by atoms with Crippen molar-refractivity contribution in [3.05, 3.63) is 113 Å². The molecule has 2 atom stereocenters. The van der Waals surface area contributed by atoms with Crippen LogP contribution in [0.2, 0.25) is 0 Å². The van der Waals surface area contributed by atoms with Crippen LogP contribution in [-0.2, 0) is 16.6 Å². The van der Waals surface area contributed by atoms with E-state index in [1.165, 1.54) is 24.5 Å². The van der Waals surface area contributed by atoms with Crippen molar-refractivity contribution < 1.29 is 12.8 Å². The van der Waals surface area contributed by atoms with Gasteiger partial charge >= 0.3 is 0 Å². The van der Waals surface area contributed by atoms with Gasteiger partial charge in [0, 0.05) is 44.5 Å². The average Bonchev–Trinajstić information content (AvgIpc) is 2.98. The van der Waals surface area contributed by atoms with Gasteiger partial charge in [-0.1, -0.05) is 62.8 Å². The lowest BCUT2D eigenvalue weighted by molar-refractivity contribution is 0.309. The second kappa shape index (κ2) is 17.1. The van der Waals surface area contributed by atoms with Crippen LogP contribution < -0.4 is 17.1 Å². The molecule has 0 aliphatic heterocycles. The number of hydrogen-bond donors (Lipinski definition) is 3. The predicted molar refractivity (Wildman–Crippen MR) is 175 cm³/mol. The number of hydrogen-bond acceptors (Lipinski definition) is 7. The molecule has 2 aromatic carbocycles. The monoisotopic (exact) mass is 612 g/mol. The number of sulfonamides is 1. The Labute approximate surface area is 258 Å². The molecule has 0 heterocycles. The average molecular weight is 613 g/mol. The van der Waals surface area contributed by atoms with Crippen molar-refractivity contribution in [1.82, 2.24) is 19.6 Å². The Hall–Kier alpha value is -3.28. The number of hydrazine groups is 2. The first-order valence-electron chi connectivity index (χ1n) is 14.5. The zero-order valence-corrected chi connectivity index (χ0v) is 27.2. The third-order valence-electron chi connectivity index (χ3n) is 7.68. The lowest BCUT2D eigenvalue weighted by Crippen LogP contribution is -2.25. The van der Waals surface area contributed by atoms with Gasteiger partial charge in [0.1, 0.15) is 5.82 Å². The van der Waals surface area contributed by atoms with Crippen LogP contribution in [0.4, 0.5) is 4.39 Å². The molecule has 2 rings (SSSR count). The van der Waals surface area contributed by atoms with E-state index in [0.717, 1.165) is 42.5 Å². The molecule has 0 fully saturated rings. The Kier molecular flexibility index (Phi) is 14.3. The molecule has 0 saturated heterocycles. The molecule has 0 saturated carbocycles. The summed E-state index contributed by atoms with van der Waals surface area (Å²) in [5.41, 5.74) is 6.91. The summed E-state index contributed by atoms with van der Waals surface area (Å²) in [6.07, 6.45) is 10.3. The number of nitrogens with two attached hydrogens (primary N) is 2. The number of benzene rings is 2. The summed E-state index contributed by atoms with van der Waals surface area (Å²) in [5, 5.41) is 1.56. The Morgan fingerprint density at radius 1 is 1.07 bits per heavy atom. The van der Waals surface area contributed by atoms with Gasteiger partial charge in [0.15, 0.2) is 0 Å². The number of nitrogens with one attached hydrogen (secondary N) is 1. The van der Waals surface area contributed by atoms with E-state index in [9.17, 15) is 12.8 Å². The first-order chi connectivity index (χ1) is 20.3. The summed E-state index contributed by atoms with van der Waals surface area (Å²) >= 11 is 0. The minimum atomic E-state index is -3.51. The van der Waals surface area contributed by atoms with Gasteiger partial charge in [0.25, 0.3) is 0 Å². The Balaban J connectivity index is 2.03. The number of allylic oxidation sites excluding steroid dienone is 4. The first kappa shape index (κ1) is 35.9. The van der Waals surface area contributed by atoms with Crippen molar-refractivity contribution >= 4 is 10.0 Å². The smallest absolute Gasteiger partial charge is 0.242 e. The van der Waals surface area contributed by atoms with Crippen LogP contribution in [-0.4, -0.2) is 50.3 Å². The van der Waals surface area contributed by atoms with Gasteiger partial charge in [0.2, 0.25) is 10.0 Å². The molecule has 8 nitrogen and oxygen atoms in total. The largest absolute Gasteiger partial charge is 0.331 e. The van der Waals surface area contributed by atoms with Crippen molar-refractivity contribution in [3.63, 3.8) is 0 Å². The first-order valence-corrected chi connectivity index (χ1v) is 15.9. The molecule has 0 spiro atoms. The molecule has 1 unspecified atom stereocenters. The minimum absolute atomic E-state index is 0.115. The molecule has 10 heteroatoms. The van der Waals surface area contributed by atoms with Crippen molar-refractivity contribution in [2.75, 3.05) is 27.7 Å². The van der Waals surface area contributed by atoms with E-state index in [4.69, 9.17) is 11.7 Å². The number of rotatable bonds is 17. The van der Waals surface area contributed by atoms with Gasteiger partial charge < -0.3 is 10.3 Å². The van der Waals surface area contributed by atoms with Crippen molar-refractivity contribution in [2.24, 2.45) is 17.6 Å². The van der Waals surface area contributed by atoms with E-state index in [0.29, 0.717) is 23.7 Å². The van der Waals surface area contributed by atoms with Gasteiger partial charge in [0.05, 0.1) is 10.6 Å². The molecule has 5 N–H and O–H groups in total. The molecule has 0 amide bonds. The third kappa shape index (κ3) is 10.7. The third-order valence-corrected chi connectivity index (χ3v) is 9.50. The van der Waals surface area contributed by atoms with Crippen LogP contribution in [0.15, 0.2) is 101 Å². The fraction of sp³-hybridized carbons (Fsp3) is 0.394. The highest BCUT2D eigenvalue weighted by atomic mass is 32.2. The molecular formula is C33H49FN6O2S. The topological polar surface area (TPSA) is 108 Å². The second-order valence-electron chi connectivity index (χ2n) is 11.2. The second-order valence-corrected chi connectivity index (χ2v) is 13.3. The van der Waals surface area contributed by atoms with Crippen LogP contribution in [0, 0.1) is 11.7 Å². The zero-order chi connectivity index (χ0) is 32.2. The quantitative estimate of drug-likeness (QED) is 0.0922. The van der Waals surface area contributed by atoms with E-state index in [-0.39, 0.29) is 16.6 Å². The maximum atomic E-state index is 13.9. The van der Waals surface area contributed by atoms with Gasteiger partial charge in [-0.25, -0.2) is 23.0 Å². The maximum Gasteiger partial charge on any atom is 0.242 e. The van der Waals surface area contributed by atoms with Crippen LogP contribution in [0.1, 0.15) is 57.1 Å². The molecule has 2 aromatic rings. The highest BCUT2D eigenvalue weighted by molar-refractivity contribution is 7.89. The van der Waals surface area contributed by atoms with Crippen LogP contribution in [0.3, 0.4) is 0 Å². The van der Waals surface area contributed by atoms with E-state index < -0.39 is 10.0 Å². The van der Waals surface area contributed by atoms with E-state index >= 15 is 0 Å². The molecule has 0 aliphatic rings. The molecule has 0 bridgehead atoms.